The first kappa shape index (κ1) is 14.0. The van der Waals surface area contributed by atoms with Crippen LogP contribution in [0, 0.1) is 5.92 Å². The highest BCUT2D eigenvalue weighted by Gasteiger charge is 2.39. The van der Waals surface area contributed by atoms with E-state index in [0.717, 1.165) is 45.2 Å². The summed E-state index contributed by atoms with van der Waals surface area (Å²) in [6.45, 7) is 4.17. The van der Waals surface area contributed by atoms with Crippen LogP contribution in [0.5, 0.6) is 0 Å². The summed E-state index contributed by atoms with van der Waals surface area (Å²) < 4.78 is 0. The third-order valence-electron chi connectivity index (χ3n) is 5.46. The molecule has 1 aromatic carbocycles. The van der Waals surface area contributed by atoms with Gasteiger partial charge in [0.1, 0.15) is 0 Å². The van der Waals surface area contributed by atoms with E-state index in [1.165, 1.54) is 16.7 Å². The van der Waals surface area contributed by atoms with Crippen LogP contribution in [0.1, 0.15) is 43.7 Å². The fourth-order valence-corrected chi connectivity index (χ4v) is 4.22. The minimum absolute atomic E-state index is 0.176. The van der Waals surface area contributed by atoms with Crippen LogP contribution >= 0.6 is 0 Å². The standard InChI is InChI=1S/C19H24N2O/c1-14-5-4-11-20-12-10-17(21(20)19(14)22)13-16-9-8-15-6-2-3-7-18(15)16/h2-3,6-7,9,14,17H,4-5,8,10-13H2,1H3/t14-,17-/m0/s1. The quantitative estimate of drug-likeness (QED) is 0.836. The van der Waals surface area contributed by atoms with Crippen LogP contribution < -0.4 is 0 Å². The molecule has 3 aliphatic rings. The number of hydrogen-bond donors (Lipinski definition) is 0. The zero-order chi connectivity index (χ0) is 15.1. The Balaban J connectivity index is 1.55. The van der Waals surface area contributed by atoms with Gasteiger partial charge in [-0.25, -0.2) is 5.01 Å². The molecule has 0 radical (unpaired) electrons. The number of hydrazine groups is 1. The molecule has 0 unspecified atom stereocenters. The van der Waals surface area contributed by atoms with Crippen LogP contribution in [0.4, 0.5) is 0 Å². The number of allylic oxidation sites excluding steroid dienone is 1. The van der Waals surface area contributed by atoms with Crippen molar-refractivity contribution in [3.05, 3.63) is 41.5 Å². The highest BCUT2D eigenvalue weighted by atomic mass is 16.2. The van der Waals surface area contributed by atoms with Gasteiger partial charge < -0.3 is 0 Å². The Morgan fingerprint density at radius 3 is 2.95 bits per heavy atom. The molecular weight excluding hydrogens is 272 g/mol. The van der Waals surface area contributed by atoms with Gasteiger partial charge in [-0.3, -0.25) is 9.80 Å². The molecule has 116 valence electrons. The lowest BCUT2D eigenvalue weighted by Crippen LogP contribution is -2.46. The molecule has 3 nitrogen and oxygen atoms in total. The Hall–Kier alpha value is -1.61. The van der Waals surface area contributed by atoms with Gasteiger partial charge in [-0.15, -0.1) is 0 Å². The smallest absolute Gasteiger partial charge is 0.239 e. The summed E-state index contributed by atoms with van der Waals surface area (Å²) in [5.41, 5.74) is 4.27. The number of rotatable bonds is 2. The summed E-state index contributed by atoms with van der Waals surface area (Å²) in [4.78, 5) is 12.7. The first-order chi connectivity index (χ1) is 10.7. The van der Waals surface area contributed by atoms with Gasteiger partial charge in [-0.2, -0.15) is 0 Å². The van der Waals surface area contributed by atoms with Crippen molar-refractivity contribution in [3.8, 4) is 0 Å². The maximum atomic E-state index is 12.7. The van der Waals surface area contributed by atoms with Gasteiger partial charge in [0.25, 0.3) is 0 Å². The molecule has 2 fully saturated rings. The predicted octanol–water partition coefficient (Wildman–Crippen LogP) is 3.26. The van der Waals surface area contributed by atoms with Crippen molar-refractivity contribution in [3.63, 3.8) is 0 Å². The Bertz CT molecular complexity index is 622. The number of carbonyl (C=O) groups excluding carboxylic acids is 1. The first-order valence-electron chi connectivity index (χ1n) is 8.59. The van der Waals surface area contributed by atoms with Crippen molar-refractivity contribution in [2.24, 2.45) is 5.92 Å². The second-order valence-electron chi connectivity index (χ2n) is 6.92. The molecule has 1 aliphatic carbocycles. The highest BCUT2D eigenvalue weighted by Crippen LogP contribution is 2.36. The average Bonchev–Trinajstić information content (AvgIpc) is 3.08. The minimum Gasteiger partial charge on any atom is -0.273 e. The molecule has 2 aliphatic heterocycles. The van der Waals surface area contributed by atoms with Crippen molar-refractivity contribution in [2.75, 3.05) is 13.1 Å². The molecular formula is C19H24N2O. The van der Waals surface area contributed by atoms with E-state index in [9.17, 15) is 4.79 Å². The SMILES string of the molecule is C[C@H]1CCCN2CC[C@@H](CC3=CCc4ccccc43)N2C1=O. The van der Waals surface area contributed by atoms with Crippen LogP contribution in [-0.2, 0) is 11.2 Å². The Morgan fingerprint density at radius 2 is 2.05 bits per heavy atom. The molecule has 0 aromatic heterocycles. The first-order valence-corrected chi connectivity index (χ1v) is 8.59. The van der Waals surface area contributed by atoms with Crippen molar-refractivity contribution in [2.45, 2.75) is 45.1 Å². The molecule has 1 aromatic rings. The van der Waals surface area contributed by atoms with E-state index < -0.39 is 0 Å². The van der Waals surface area contributed by atoms with Gasteiger partial charge in [0.15, 0.2) is 0 Å². The summed E-state index contributed by atoms with van der Waals surface area (Å²) in [6, 6.07) is 9.04. The molecule has 22 heavy (non-hydrogen) atoms. The zero-order valence-corrected chi connectivity index (χ0v) is 13.3. The predicted molar refractivity (Wildman–Crippen MR) is 88.0 cm³/mol. The molecule has 1 amide bonds. The van der Waals surface area contributed by atoms with Crippen molar-refractivity contribution in [1.82, 2.24) is 10.0 Å². The van der Waals surface area contributed by atoms with Crippen LogP contribution in [0.15, 0.2) is 30.3 Å². The number of nitrogens with zero attached hydrogens (tertiary/aromatic N) is 2. The molecule has 2 atom stereocenters. The van der Waals surface area contributed by atoms with E-state index in [4.69, 9.17) is 0 Å². The Labute approximate surface area is 132 Å². The lowest BCUT2D eigenvalue weighted by Gasteiger charge is -2.32. The third-order valence-corrected chi connectivity index (χ3v) is 5.46. The number of hydrogen-bond acceptors (Lipinski definition) is 2. The molecule has 0 bridgehead atoms. The molecule has 4 rings (SSSR count). The highest BCUT2D eigenvalue weighted by molar-refractivity contribution is 5.80. The lowest BCUT2D eigenvalue weighted by atomic mass is 9.97. The molecule has 0 spiro atoms. The van der Waals surface area contributed by atoms with E-state index in [2.05, 4.69) is 47.3 Å². The van der Waals surface area contributed by atoms with Crippen LogP contribution in [0.25, 0.3) is 5.57 Å². The van der Waals surface area contributed by atoms with Gasteiger partial charge in [0, 0.05) is 19.0 Å². The minimum atomic E-state index is 0.176. The monoisotopic (exact) mass is 296 g/mol. The fourth-order valence-electron chi connectivity index (χ4n) is 4.22. The Kier molecular flexibility index (Phi) is 3.53. The van der Waals surface area contributed by atoms with E-state index in [1.807, 2.05) is 0 Å². The van der Waals surface area contributed by atoms with Crippen LogP contribution in [-0.4, -0.2) is 35.1 Å². The van der Waals surface area contributed by atoms with Gasteiger partial charge >= 0.3 is 0 Å². The second kappa shape index (κ2) is 5.54. The average molecular weight is 296 g/mol. The van der Waals surface area contributed by atoms with E-state index >= 15 is 0 Å². The van der Waals surface area contributed by atoms with Gasteiger partial charge in [0.05, 0.1) is 6.04 Å². The molecule has 2 heterocycles. The van der Waals surface area contributed by atoms with Crippen LogP contribution in [0.3, 0.4) is 0 Å². The van der Waals surface area contributed by atoms with Crippen molar-refractivity contribution >= 4 is 11.5 Å². The lowest BCUT2D eigenvalue weighted by molar-refractivity contribution is -0.149. The normalized spacial score (nSPS) is 28.3. The summed E-state index contributed by atoms with van der Waals surface area (Å²) in [5.74, 6) is 0.516. The fraction of sp³-hybridized carbons (Fsp3) is 0.526. The molecule has 2 saturated heterocycles. The van der Waals surface area contributed by atoms with Gasteiger partial charge in [-0.1, -0.05) is 37.3 Å². The molecule has 0 N–H and O–H groups in total. The maximum Gasteiger partial charge on any atom is 0.239 e. The largest absolute Gasteiger partial charge is 0.273 e. The van der Waals surface area contributed by atoms with Crippen molar-refractivity contribution in [1.29, 1.82) is 0 Å². The third kappa shape index (κ3) is 2.28. The zero-order valence-electron chi connectivity index (χ0n) is 13.3. The summed E-state index contributed by atoms with van der Waals surface area (Å²) in [7, 11) is 0. The number of amides is 1. The van der Waals surface area contributed by atoms with Gasteiger partial charge in [-0.05, 0) is 48.8 Å². The summed E-state index contributed by atoms with van der Waals surface area (Å²) >= 11 is 0. The second-order valence-corrected chi connectivity index (χ2v) is 6.92. The summed E-state index contributed by atoms with van der Waals surface area (Å²) in [5, 5.41) is 4.41. The number of benzene rings is 1. The molecule has 0 saturated carbocycles. The van der Waals surface area contributed by atoms with E-state index in [0.29, 0.717) is 11.9 Å². The summed E-state index contributed by atoms with van der Waals surface area (Å²) in [6.07, 6.45) is 7.70. The topological polar surface area (TPSA) is 23.6 Å². The van der Waals surface area contributed by atoms with E-state index in [1.54, 1.807) is 0 Å². The van der Waals surface area contributed by atoms with Crippen molar-refractivity contribution < 1.29 is 4.79 Å². The number of fused-ring (bicyclic) bond motifs is 2. The van der Waals surface area contributed by atoms with E-state index in [-0.39, 0.29) is 5.92 Å². The maximum absolute atomic E-state index is 12.7. The van der Waals surface area contributed by atoms with Gasteiger partial charge in [0.2, 0.25) is 5.91 Å². The van der Waals surface area contributed by atoms with Crippen LogP contribution in [0.2, 0.25) is 0 Å². The Morgan fingerprint density at radius 1 is 1.18 bits per heavy atom. The molecule has 3 heteroatoms. The number of carbonyl (C=O) groups is 1.